The highest BCUT2D eigenvalue weighted by molar-refractivity contribution is 7.91. The maximum atomic E-state index is 12.5. The summed E-state index contributed by atoms with van der Waals surface area (Å²) in [7, 11) is -1.67. The normalized spacial score (nSPS) is 19.6. The van der Waals surface area contributed by atoms with E-state index in [0.717, 1.165) is 12.8 Å². The first-order chi connectivity index (χ1) is 12.0. The molecule has 1 saturated heterocycles. The molecule has 7 nitrogen and oxygen atoms in total. The van der Waals surface area contributed by atoms with Crippen LogP contribution >= 0.6 is 12.4 Å². The maximum Gasteiger partial charge on any atom is 0.223 e. The first-order valence-electron chi connectivity index (χ1n) is 8.57. The number of hydrogen-bond acceptors (Lipinski definition) is 6. The van der Waals surface area contributed by atoms with Gasteiger partial charge in [0.25, 0.3) is 0 Å². The van der Waals surface area contributed by atoms with E-state index in [1.807, 2.05) is 7.05 Å². The predicted octanol–water partition coefficient (Wildman–Crippen LogP) is 1.25. The zero-order valence-corrected chi connectivity index (χ0v) is 16.4. The van der Waals surface area contributed by atoms with Gasteiger partial charge in [-0.05, 0) is 32.0 Å². The van der Waals surface area contributed by atoms with Crippen LogP contribution in [-0.4, -0.2) is 64.4 Å². The number of carbonyl (C=O) groups is 1. The molecule has 1 aromatic rings. The van der Waals surface area contributed by atoms with Gasteiger partial charge in [0.15, 0.2) is 21.3 Å². The summed E-state index contributed by atoms with van der Waals surface area (Å²) in [5.41, 5.74) is 0. The molecular formula is C17H25ClN2O5S. The van der Waals surface area contributed by atoms with E-state index in [2.05, 4.69) is 5.32 Å². The number of rotatable bonds is 5. The molecule has 146 valence electrons. The van der Waals surface area contributed by atoms with Crippen molar-refractivity contribution in [3.8, 4) is 11.5 Å². The molecule has 1 unspecified atom stereocenters. The lowest BCUT2D eigenvalue weighted by molar-refractivity contribution is -0.132. The lowest BCUT2D eigenvalue weighted by atomic mass is 10.1. The average molecular weight is 405 g/mol. The number of amides is 1. The Balaban J connectivity index is 0.00000243. The largest absolute Gasteiger partial charge is 0.486 e. The Kier molecular flexibility index (Phi) is 7.14. The number of ether oxygens (including phenoxy) is 2. The molecule has 2 heterocycles. The minimum atomic E-state index is -3.55. The van der Waals surface area contributed by atoms with Crippen LogP contribution in [0.5, 0.6) is 11.5 Å². The number of nitrogens with zero attached hydrogens (tertiary/aromatic N) is 1. The van der Waals surface area contributed by atoms with Gasteiger partial charge < -0.3 is 19.7 Å². The molecule has 1 amide bonds. The van der Waals surface area contributed by atoms with Crippen LogP contribution in [0.3, 0.4) is 0 Å². The number of piperidine rings is 1. The second kappa shape index (κ2) is 8.92. The van der Waals surface area contributed by atoms with Crippen LogP contribution in [-0.2, 0) is 14.6 Å². The molecule has 1 fully saturated rings. The van der Waals surface area contributed by atoms with Gasteiger partial charge in [0.05, 0.1) is 10.6 Å². The van der Waals surface area contributed by atoms with Crippen molar-refractivity contribution in [2.75, 3.05) is 39.1 Å². The quantitative estimate of drug-likeness (QED) is 0.795. The molecular weight excluding hydrogens is 380 g/mol. The fourth-order valence-corrected chi connectivity index (χ4v) is 4.40. The SMILES string of the molecule is CNC1CCCN(C(=O)CCS(=O)(=O)c2ccc3c(c2)OCCO3)C1.Cl. The monoisotopic (exact) mass is 404 g/mol. The van der Waals surface area contributed by atoms with Crippen LogP contribution in [0.2, 0.25) is 0 Å². The summed E-state index contributed by atoms with van der Waals surface area (Å²) in [6.45, 7) is 2.19. The summed E-state index contributed by atoms with van der Waals surface area (Å²) >= 11 is 0. The number of likely N-dealkylation sites (N-methyl/N-ethyl adjacent to an activating group) is 1. The van der Waals surface area contributed by atoms with Crippen molar-refractivity contribution in [1.82, 2.24) is 10.2 Å². The topological polar surface area (TPSA) is 84.9 Å². The van der Waals surface area contributed by atoms with Crippen molar-refractivity contribution in [2.24, 2.45) is 0 Å². The van der Waals surface area contributed by atoms with Crippen molar-refractivity contribution in [2.45, 2.75) is 30.2 Å². The first kappa shape index (κ1) is 20.8. The van der Waals surface area contributed by atoms with Crippen molar-refractivity contribution in [1.29, 1.82) is 0 Å². The number of halogens is 1. The Hall–Kier alpha value is -1.51. The van der Waals surface area contributed by atoms with E-state index in [9.17, 15) is 13.2 Å². The molecule has 9 heteroatoms. The van der Waals surface area contributed by atoms with Crippen molar-refractivity contribution in [3.63, 3.8) is 0 Å². The van der Waals surface area contributed by atoms with E-state index in [-0.39, 0.29) is 41.4 Å². The molecule has 3 rings (SSSR count). The Morgan fingerprint density at radius 1 is 1.27 bits per heavy atom. The third-order valence-corrected chi connectivity index (χ3v) is 6.35. The Morgan fingerprint density at radius 3 is 2.73 bits per heavy atom. The standard InChI is InChI=1S/C17H24N2O5S.ClH/c1-18-13-3-2-7-19(12-13)17(20)6-10-25(21,22)14-4-5-15-16(11-14)24-9-8-23-15;/h4-5,11,13,18H,2-3,6-10,12H2,1H3;1H. The summed E-state index contributed by atoms with van der Waals surface area (Å²) in [6, 6.07) is 4.87. The summed E-state index contributed by atoms with van der Waals surface area (Å²) in [6.07, 6.45) is 1.97. The molecule has 2 aliphatic rings. The second-order valence-corrected chi connectivity index (χ2v) is 8.45. The van der Waals surface area contributed by atoms with Crippen LogP contribution in [0.1, 0.15) is 19.3 Å². The van der Waals surface area contributed by atoms with E-state index in [4.69, 9.17) is 9.47 Å². The number of fused-ring (bicyclic) bond motifs is 1. The number of sulfone groups is 1. The van der Waals surface area contributed by atoms with E-state index in [1.54, 1.807) is 11.0 Å². The van der Waals surface area contributed by atoms with E-state index >= 15 is 0 Å². The van der Waals surface area contributed by atoms with Crippen molar-refractivity contribution < 1.29 is 22.7 Å². The van der Waals surface area contributed by atoms with Gasteiger partial charge in [0.2, 0.25) is 5.91 Å². The molecule has 26 heavy (non-hydrogen) atoms. The van der Waals surface area contributed by atoms with Gasteiger partial charge in [-0.25, -0.2) is 8.42 Å². The van der Waals surface area contributed by atoms with Gasteiger partial charge in [0, 0.05) is 31.6 Å². The molecule has 1 N–H and O–H groups in total. The van der Waals surface area contributed by atoms with Gasteiger partial charge in [-0.1, -0.05) is 0 Å². The van der Waals surface area contributed by atoms with Crippen LogP contribution in [0, 0.1) is 0 Å². The fourth-order valence-electron chi connectivity index (χ4n) is 3.15. The summed E-state index contributed by atoms with van der Waals surface area (Å²) in [5.74, 6) is 0.673. The molecule has 0 aliphatic carbocycles. The average Bonchev–Trinajstić information content (AvgIpc) is 2.65. The number of likely N-dealkylation sites (tertiary alicyclic amines) is 1. The molecule has 0 radical (unpaired) electrons. The summed E-state index contributed by atoms with van der Waals surface area (Å²) in [5, 5.41) is 3.18. The van der Waals surface area contributed by atoms with Gasteiger partial charge >= 0.3 is 0 Å². The number of hydrogen-bond donors (Lipinski definition) is 1. The van der Waals surface area contributed by atoms with Crippen molar-refractivity contribution in [3.05, 3.63) is 18.2 Å². The third-order valence-electron chi connectivity index (χ3n) is 4.64. The fraction of sp³-hybridized carbons (Fsp3) is 0.588. The highest BCUT2D eigenvalue weighted by atomic mass is 35.5. The minimum absolute atomic E-state index is 0. The molecule has 2 aliphatic heterocycles. The zero-order chi connectivity index (χ0) is 17.9. The van der Waals surface area contributed by atoms with Gasteiger partial charge in [-0.15, -0.1) is 12.4 Å². The highest BCUT2D eigenvalue weighted by Gasteiger charge is 2.25. The van der Waals surface area contributed by atoms with E-state index in [0.29, 0.717) is 37.8 Å². The van der Waals surface area contributed by atoms with E-state index in [1.165, 1.54) is 12.1 Å². The predicted molar refractivity (Wildman–Crippen MR) is 100 cm³/mol. The highest BCUT2D eigenvalue weighted by Crippen LogP contribution is 2.32. The lowest BCUT2D eigenvalue weighted by Crippen LogP contribution is -2.47. The Labute approximate surface area is 160 Å². The molecule has 1 atom stereocenters. The van der Waals surface area contributed by atoms with Gasteiger partial charge in [0.1, 0.15) is 13.2 Å². The summed E-state index contributed by atoms with van der Waals surface area (Å²) < 4.78 is 35.9. The number of nitrogens with one attached hydrogen (secondary N) is 1. The Bertz CT molecular complexity index is 741. The van der Waals surface area contributed by atoms with Gasteiger partial charge in [-0.3, -0.25) is 4.79 Å². The summed E-state index contributed by atoms with van der Waals surface area (Å²) in [4.78, 5) is 14.3. The molecule has 0 bridgehead atoms. The van der Waals surface area contributed by atoms with Crippen LogP contribution < -0.4 is 14.8 Å². The third kappa shape index (κ3) is 4.81. The second-order valence-electron chi connectivity index (χ2n) is 6.34. The molecule has 0 spiro atoms. The minimum Gasteiger partial charge on any atom is -0.486 e. The molecule has 1 aromatic carbocycles. The zero-order valence-electron chi connectivity index (χ0n) is 14.8. The van der Waals surface area contributed by atoms with Crippen molar-refractivity contribution >= 4 is 28.2 Å². The first-order valence-corrected chi connectivity index (χ1v) is 10.2. The number of benzene rings is 1. The maximum absolute atomic E-state index is 12.5. The van der Waals surface area contributed by atoms with Crippen LogP contribution in [0.25, 0.3) is 0 Å². The molecule has 0 saturated carbocycles. The molecule has 0 aromatic heterocycles. The van der Waals surface area contributed by atoms with Gasteiger partial charge in [-0.2, -0.15) is 0 Å². The number of carbonyl (C=O) groups excluding carboxylic acids is 1. The lowest BCUT2D eigenvalue weighted by Gasteiger charge is -2.32. The van der Waals surface area contributed by atoms with Crippen LogP contribution in [0.15, 0.2) is 23.1 Å². The van der Waals surface area contributed by atoms with Crippen LogP contribution in [0.4, 0.5) is 0 Å². The smallest absolute Gasteiger partial charge is 0.223 e. The van der Waals surface area contributed by atoms with E-state index < -0.39 is 9.84 Å². The Morgan fingerprint density at radius 2 is 2.00 bits per heavy atom.